The normalized spacial score (nSPS) is 25.8. The van der Waals surface area contributed by atoms with Crippen LogP contribution >= 0.6 is 11.6 Å². The maximum Gasteiger partial charge on any atom is 0.290 e. The molecular weight excluding hydrogens is 402 g/mol. The maximum atomic E-state index is 13.5. The van der Waals surface area contributed by atoms with Crippen LogP contribution in [0.25, 0.3) is 0 Å². The molecule has 3 atom stereocenters. The van der Waals surface area contributed by atoms with Gasteiger partial charge in [0.15, 0.2) is 11.5 Å². The number of hydrogen-bond acceptors (Lipinski definition) is 4. The van der Waals surface area contributed by atoms with Crippen molar-refractivity contribution in [3.8, 4) is 5.75 Å². The highest BCUT2D eigenvalue weighted by Gasteiger charge is 2.51. The molecule has 1 aliphatic carbocycles. The average Bonchev–Trinajstić information content (AvgIpc) is 3.03. The number of aromatic hydroxyl groups is 1. The SMILES string of the molecule is O=C1C2=C(OC3CCCCC13)C(=O)N(Cc1ccccc1Cl)C2c1ccc(O)cc1. The van der Waals surface area contributed by atoms with E-state index in [0.717, 1.165) is 36.8 Å². The molecule has 0 saturated heterocycles. The summed E-state index contributed by atoms with van der Waals surface area (Å²) in [6.45, 7) is 0.267. The number of phenols is 1. The van der Waals surface area contributed by atoms with E-state index in [1.165, 1.54) is 0 Å². The first-order valence-electron chi connectivity index (χ1n) is 10.3. The predicted molar refractivity (Wildman–Crippen MR) is 112 cm³/mol. The minimum Gasteiger partial charge on any atom is -0.508 e. The van der Waals surface area contributed by atoms with Crippen LogP contribution in [-0.2, 0) is 20.9 Å². The molecule has 2 heterocycles. The number of halogens is 1. The van der Waals surface area contributed by atoms with Gasteiger partial charge in [-0.1, -0.05) is 48.4 Å². The van der Waals surface area contributed by atoms with E-state index in [2.05, 4.69) is 0 Å². The maximum absolute atomic E-state index is 13.5. The van der Waals surface area contributed by atoms with Crippen molar-refractivity contribution in [2.75, 3.05) is 0 Å². The molecule has 2 aromatic rings. The van der Waals surface area contributed by atoms with Crippen LogP contribution in [0.1, 0.15) is 42.9 Å². The van der Waals surface area contributed by atoms with E-state index in [1.807, 2.05) is 18.2 Å². The molecule has 0 radical (unpaired) electrons. The fourth-order valence-electron chi connectivity index (χ4n) is 4.87. The molecule has 0 spiro atoms. The monoisotopic (exact) mass is 423 g/mol. The third-order valence-electron chi connectivity index (χ3n) is 6.37. The van der Waals surface area contributed by atoms with Crippen LogP contribution in [0.15, 0.2) is 59.9 Å². The molecule has 154 valence electrons. The number of Topliss-reactive ketones (excluding diaryl/α,β-unsaturated/α-hetero) is 1. The summed E-state index contributed by atoms with van der Waals surface area (Å²) in [5.41, 5.74) is 2.02. The molecule has 2 aliphatic heterocycles. The first kappa shape index (κ1) is 19.2. The van der Waals surface area contributed by atoms with Crippen molar-refractivity contribution in [2.24, 2.45) is 5.92 Å². The molecule has 1 amide bonds. The molecule has 1 saturated carbocycles. The van der Waals surface area contributed by atoms with E-state index in [4.69, 9.17) is 16.3 Å². The van der Waals surface area contributed by atoms with E-state index in [1.54, 1.807) is 35.2 Å². The second-order valence-electron chi connectivity index (χ2n) is 8.17. The van der Waals surface area contributed by atoms with Gasteiger partial charge in [-0.15, -0.1) is 0 Å². The molecule has 5 rings (SSSR count). The van der Waals surface area contributed by atoms with Gasteiger partial charge in [0.05, 0.1) is 17.5 Å². The lowest BCUT2D eigenvalue weighted by atomic mass is 9.77. The fraction of sp³-hybridized carbons (Fsp3) is 0.333. The Hall–Kier alpha value is -2.79. The minimum atomic E-state index is -0.556. The zero-order valence-electron chi connectivity index (χ0n) is 16.4. The molecule has 5 nitrogen and oxygen atoms in total. The lowest BCUT2D eigenvalue weighted by molar-refractivity contribution is -0.135. The number of nitrogens with zero attached hydrogens (tertiary/aromatic N) is 1. The zero-order chi connectivity index (χ0) is 20.8. The molecule has 0 aromatic heterocycles. The van der Waals surface area contributed by atoms with Gasteiger partial charge in [-0.2, -0.15) is 0 Å². The highest BCUT2D eigenvalue weighted by molar-refractivity contribution is 6.31. The van der Waals surface area contributed by atoms with Crippen LogP contribution in [0.2, 0.25) is 5.02 Å². The summed E-state index contributed by atoms with van der Waals surface area (Å²) < 4.78 is 6.16. The van der Waals surface area contributed by atoms with Crippen molar-refractivity contribution in [3.63, 3.8) is 0 Å². The fourth-order valence-corrected chi connectivity index (χ4v) is 5.06. The number of ether oxygens (including phenoxy) is 1. The van der Waals surface area contributed by atoms with Crippen LogP contribution in [0, 0.1) is 5.92 Å². The Morgan fingerprint density at radius 1 is 1.03 bits per heavy atom. The van der Waals surface area contributed by atoms with E-state index in [0.29, 0.717) is 10.6 Å². The Kier molecular flexibility index (Phi) is 4.78. The molecule has 30 heavy (non-hydrogen) atoms. The van der Waals surface area contributed by atoms with E-state index in [9.17, 15) is 14.7 Å². The number of benzene rings is 2. The third-order valence-corrected chi connectivity index (χ3v) is 6.73. The lowest BCUT2D eigenvalue weighted by Crippen LogP contribution is -2.39. The van der Waals surface area contributed by atoms with Crippen molar-refractivity contribution in [2.45, 2.75) is 44.4 Å². The molecule has 3 aliphatic rings. The van der Waals surface area contributed by atoms with Gasteiger partial charge < -0.3 is 14.7 Å². The van der Waals surface area contributed by atoms with Crippen molar-refractivity contribution in [1.82, 2.24) is 4.90 Å². The van der Waals surface area contributed by atoms with Crippen molar-refractivity contribution in [3.05, 3.63) is 76.0 Å². The molecule has 3 unspecified atom stereocenters. The first-order valence-corrected chi connectivity index (χ1v) is 10.7. The van der Waals surface area contributed by atoms with E-state index < -0.39 is 6.04 Å². The van der Waals surface area contributed by atoms with Gasteiger partial charge in [0.1, 0.15) is 11.9 Å². The topological polar surface area (TPSA) is 66.8 Å². The van der Waals surface area contributed by atoms with E-state index >= 15 is 0 Å². The summed E-state index contributed by atoms with van der Waals surface area (Å²) in [5.74, 6) is -0.124. The first-order chi connectivity index (χ1) is 14.5. The Morgan fingerprint density at radius 2 is 1.77 bits per heavy atom. The average molecular weight is 424 g/mol. The summed E-state index contributed by atoms with van der Waals surface area (Å²) in [7, 11) is 0. The number of carbonyl (C=O) groups is 2. The minimum absolute atomic E-state index is 0.0223. The standard InChI is InChI=1S/C24H22ClNO4/c25-18-7-3-1-5-15(18)13-26-21(14-9-11-16(27)12-10-14)20-22(28)17-6-2-4-8-19(17)30-23(20)24(26)29/h1,3,5,7,9-12,17,19,21,27H,2,4,6,8,13H2. The third kappa shape index (κ3) is 3.08. The van der Waals surface area contributed by atoms with Crippen LogP contribution < -0.4 is 0 Å². The molecule has 1 N–H and O–H groups in total. The number of carbonyl (C=O) groups excluding carboxylic acids is 2. The molecule has 0 bridgehead atoms. The zero-order valence-corrected chi connectivity index (χ0v) is 17.1. The van der Waals surface area contributed by atoms with Crippen LogP contribution in [0.5, 0.6) is 5.75 Å². The van der Waals surface area contributed by atoms with Crippen molar-refractivity contribution >= 4 is 23.3 Å². The summed E-state index contributed by atoms with van der Waals surface area (Å²) in [4.78, 5) is 28.6. The number of amides is 1. The highest BCUT2D eigenvalue weighted by Crippen LogP contribution is 2.47. The van der Waals surface area contributed by atoms with Gasteiger partial charge in [-0.3, -0.25) is 9.59 Å². The van der Waals surface area contributed by atoms with Crippen LogP contribution in [0.4, 0.5) is 0 Å². The number of rotatable bonds is 3. The van der Waals surface area contributed by atoms with Gasteiger partial charge in [0.2, 0.25) is 0 Å². The van der Waals surface area contributed by atoms with Gasteiger partial charge >= 0.3 is 0 Å². The summed E-state index contributed by atoms with van der Waals surface area (Å²) in [6.07, 6.45) is 3.39. The predicted octanol–water partition coefficient (Wildman–Crippen LogP) is 4.54. The van der Waals surface area contributed by atoms with Gasteiger partial charge in [0.25, 0.3) is 5.91 Å². The van der Waals surface area contributed by atoms with Gasteiger partial charge in [0, 0.05) is 11.6 Å². The van der Waals surface area contributed by atoms with Crippen LogP contribution in [0.3, 0.4) is 0 Å². The second-order valence-corrected chi connectivity index (χ2v) is 8.58. The van der Waals surface area contributed by atoms with Crippen molar-refractivity contribution < 1.29 is 19.4 Å². The smallest absolute Gasteiger partial charge is 0.290 e. The Bertz CT molecular complexity index is 1050. The van der Waals surface area contributed by atoms with E-state index in [-0.39, 0.29) is 41.8 Å². The Labute approximate surface area is 179 Å². The number of phenolic OH excluding ortho intramolecular Hbond substituents is 1. The Morgan fingerprint density at radius 3 is 2.53 bits per heavy atom. The molecule has 6 heteroatoms. The van der Waals surface area contributed by atoms with Gasteiger partial charge in [-0.05, 0) is 48.6 Å². The molecule has 2 aromatic carbocycles. The summed E-state index contributed by atoms with van der Waals surface area (Å²) >= 11 is 6.36. The van der Waals surface area contributed by atoms with Crippen molar-refractivity contribution in [1.29, 1.82) is 0 Å². The second kappa shape index (κ2) is 7.47. The number of fused-ring (bicyclic) bond motifs is 1. The number of hydrogen-bond donors (Lipinski definition) is 1. The summed E-state index contributed by atoms with van der Waals surface area (Å²) in [5, 5.41) is 10.3. The van der Waals surface area contributed by atoms with Gasteiger partial charge in [-0.25, -0.2) is 0 Å². The molecular formula is C24H22ClNO4. The van der Waals surface area contributed by atoms with Crippen LogP contribution in [-0.4, -0.2) is 27.8 Å². The largest absolute Gasteiger partial charge is 0.508 e. The Balaban J connectivity index is 1.59. The summed E-state index contributed by atoms with van der Waals surface area (Å²) in [6, 6.07) is 13.5. The highest BCUT2D eigenvalue weighted by atomic mass is 35.5. The number of ketones is 1. The quantitative estimate of drug-likeness (QED) is 0.786. The lowest BCUT2D eigenvalue weighted by Gasteiger charge is -2.35. The molecule has 1 fully saturated rings.